The molecule has 4 aromatic rings. The molecular formula is C26H28N6O3. The van der Waals surface area contributed by atoms with Crippen LogP contribution in [0.3, 0.4) is 0 Å². The molecule has 2 aromatic carbocycles. The molecule has 0 bridgehead atoms. The third-order valence-corrected chi connectivity index (χ3v) is 6.00. The van der Waals surface area contributed by atoms with Crippen molar-refractivity contribution in [3.63, 3.8) is 0 Å². The number of hydrogen-bond donors (Lipinski definition) is 2. The molecule has 35 heavy (non-hydrogen) atoms. The quantitative estimate of drug-likeness (QED) is 0.407. The van der Waals surface area contributed by atoms with Crippen molar-refractivity contribution in [3.8, 4) is 17.0 Å². The summed E-state index contributed by atoms with van der Waals surface area (Å²) < 4.78 is 12.6. The fourth-order valence-electron chi connectivity index (χ4n) is 4.11. The Balaban J connectivity index is 1.35. The van der Waals surface area contributed by atoms with Crippen LogP contribution in [0.5, 0.6) is 5.75 Å². The van der Waals surface area contributed by atoms with Crippen molar-refractivity contribution in [2.24, 2.45) is 0 Å². The minimum absolute atomic E-state index is 0.0976. The molecule has 0 spiro atoms. The van der Waals surface area contributed by atoms with E-state index in [1.54, 1.807) is 19.5 Å². The predicted octanol–water partition coefficient (Wildman–Crippen LogP) is 3.21. The van der Waals surface area contributed by atoms with E-state index in [1.165, 1.54) is 0 Å². The Morgan fingerprint density at radius 2 is 1.97 bits per heavy atom. The van der Waals surface area contributed by atoms with Gasteiger partial charge in [0.05, 0.1) is 26.5 Å². The van der Waals surface area contributed by atoms with Gasteiger partial charge in [-0.2, -0.15) is 0 Å². The number of methoxy groups -OCH3 is 1. The number of ether oxygens (including phenoxy) is 2. The van der Waals surface area contributed by atoms with Gasteiger partial charge in [-0.3, -0.25) is 19.1 Å². The summed E-state index contributed by atoms with van der Waals surface area (Å²) in [7, 11) is 1.64. The van der Waals surface area contributed by atoms with Gasteiger partial charge in [-0.05, 0) is 42.5 Å². The molecule has 0 saturated carbocycles. The first-order chi connectivity index (χ1) is 17.2. The van der Waals surface area contributed by atoms with Gasteiger partial charge in [-0.1, -0.05) is 6.07 Å². The molecule has 2 aromatic heterocycles. The smallest absolute Gasteiger partial charge is 0.251 e. The first kappa shape index (κ1) is 22.8. The standard InChI is InChI=1S/C26H28N6O3/c1-34-22-7-5-19(6-8-22)24-25(32-12-9-27-18-23(32)30-24)29-21-4-2-3-20(17-21)26(33)28-10-11-31-13-15-35-16-14-31/h2-9,12,17-18,29H,10-11,13-16H2,1H3,(H,28,33). The lowest BCUT2D eigenvalue weighted by atomic mass is 10.1. The summed E-state index contributed by atoms with van der Waals surface area (Å²) in [5, 5.41) is 6.49. The van der Waals surface area contributed by atoms with Gasteiger partial charge in [0.25, 0.3) is 5.91 Å². The van der Waals surface area contributed by atoms with E-state index in [0.29, 0.717) is 12.1 Å². The van der Waals surface area contributed by atoms with Crippen molar-refractivity contribution < 1.29 is 14.3 Å². The van der Waals surface area contributed by atoms with E-state index in [9.17, 15) is 4.79 Å². The number of fused-ring (bicyclic) bond motifs is 1. The summed E-state index contributed by atoms with van der Waals surface area (Å²) in [6.07, 6.45) is 5.30. The summed E-state index contributed by atoms with van der Waals surface area (Å²) in [6, 6.07) is 15.2. The molecule has 5 rings (SSSR count). The minimum atomic E-state index is -0.0976. The Morgan fingerprint density at radius 1 is 1.14 bits per heavy atom. The molecule has 1 fully saturated rings. The van der Waals surface area contributed by atoms with Crippen molar-refractivity contribution >= 4 is 23.1 Å². The monoisotopic (exact) mass is 472 g/mol. The van der Waals surface area contributed by atoms with Crippen LogP contribution >= 0.6 is 0 Å². The van der Waals surface area contributed by atoms with E-state index in [-0.39, 0.29) is 5.91 Å². The van der Waals surface area contributed by atoms with Crippen LogP contribution in [0.4, 0.5) is 11.5 Å². The number of amides is 1. The first-order valence-corrected chi connectivity index (χ1v) is 11.6. The van der Waals surface area contributed by atoms with Crippen molar-refractivity contribution in [1.29, 1.82) is 0 Å². The van der Waals surface area contributed by atoms with E-state index in [4.69, 9.17) is 14.5 Å². The molecule has 9 nitrogen and oxygen atoms in total. The fourth-order valence-corrected chi connectivity index (χ4v) is 4.11. The Labute approximate surface area is 203 Å². The second-order valence-corrected chi connectivity index (χ2v) is 8.26. The van der Waals surface area contributed by atoms with Gasteiger partial charge in [0.15, 0.2) is 5.65 Å². The molecule has 0 radical (unpaired) electrons. The van der Waals surface area contributed by atoms with Gasteiger partial charge in [0, 0.05) is 55.4 Å². The predicted molar refractivity (Wildman–Crippen MR) is 134 cm³/mol. The molecule has 3 heterocycles. The summed E-state index contributed by atoms with van der Waals surface area (Å²) in [5.74, 6) is 1.47. The van der Waals surface area contributed by atoms with Crippen molar-refractivity contribution in [1.82, 2.24) is 24.6 Å². The van der Waals surface area contributed by atoms with Crippen LogP contribution in [0.25, 0.3) is 16.9 Å². The van der Waals surface area contributed by atoms with Gasteiger partial charge in [0.1, 0.15) is 17.3 Å². The minimum Gasteiger partial charge on any atom is -0.497 e. The Hall–Kier alpha value is -3.95. The number of imidazole rings is 1. The number of carbonyl (C=O) groups is 1. The molecule has 9 heteroatoms. The third kappa shape index (κ3) is 5.26. The lowest BCUT2D eigenvalue weighted by molar-refractivity contribution is 0.0383. The lowest BCUT2D eigenvalue weighted by Crippen LogP contribution is -2.41. The van der Waals surface area contributed by atoms with Crippen molar-refractivity contribution in [2.45, 2.75) is 0 Å². The highest BCUT2D eigenvalue weighted by Crippen LogP contribution is 2.32. The molecule has 0 atom stereocenters. The van der Waals surface area contributed by atoms with Gasteiger partial charge in [0.2, 0.25) is 0 Å². The average Bonchev–Trinajstić information content (AvgIpc) is 3.27. The zero-order valence-corrected chi connectivity index (χ0v) is 19.6. The van der Waals surface area contributed by atoms with Crippen LogP contribution < -0.4 is 15.4 Å². The second kappa shape index (κ2) is 10.5. The lowest BCUT2D eigenvalue weighted by Gasteiger charge is -2.26. The van der Waals surface area contributed by atoms with Gasteiger partial charge in [-0.15, -0.1) is 0 Å². The average molecular weight is 473 g/mol. The molecule has 2 N–H and O–H groups in total. The van der Waals surface area contributed by atoms with Crippen molar-refractivity contribution in [3.05, 3.63) is 72.7 Å². The van der Waals surface area contributed by atoms with Crippen LogP contribution in [-0.4, -0.2) is 71.7 Å². The Morgan fingerprint density at radius 3 is 2.77 bits per heavy atom. The zero-order chi connectivity index (χ0) is 24.0. The van der Waals surface area contributed by atoms with Crippen molar-refractivity contribution in [2.75, 3.05) is 51.8 Å². The number of benzene rings is 2. The molecule has 1 amide bonds. The largest absolute Gasteiger partial charge is 0.497 e. The SMILES string of the molecule is COc1ccc(-c2nc3cnccn3c2Nc2cccc(C(=O)NCCN3CCOCC3)c2)cc1. The molecule has 1 aliphatic heterocycles. The Kier molecular flexibility index (Phi) is 6.87. The summed E-state index contributed by atoms with van der Waals surface area (Å²) in [5.41, 5.74) is 3.82. The number of nitrogens with zero attached hydrogens (tertiary/aromatic N) is 4. The summed E-state index contributed by atoms with van der Waals surface area (Å²) >= 11 is 0. The maximum absolute atomic E-state index is 12.8. The van der Waals surface area contributed by atoms with Crippen LogP contribution in [0.2, 0.25) is 0 Å². The topological polar surface area (TPSA) is 93.0 Å². The number of rotatable bonds is 8. The number of carbonyl (C=O) groups excluding carboxylic acids is 1. The highest BCUT2D eigenvalue weighted by molar-refractivity contribution is 5.95. The number of morpholine rings is 1. The fraction of sp³-hybridized carbons (Fsp3) is 0.269. The summed E-state index contributed by atoms with van der Waals surface area (Å²) in [6.45, 7) is 4.72. The van der Waals surface area contributed by atoms with Crippen LogP contribution in [0.1, 0.15) is 10.4 Å². The maximum Gasteiger partial charge on any atom is 0.251 e. The molecule has 180 valence electrons. The van der Waals surface area contributed by atoms with Gasteiger partial charge >= 0.3 is 0 Å². The first-order valence-electron chi connectivity index (χ1n) is 11.6. The Bertz CT molecular complexity index is 1300. The highest BCUT2D eigenvalue weighted by atomic mass is 16.5. The molecule has 0 unspecified atom stereocenters. The molecule has 1 saturated heterocycles. The van der Waals surface area contributed by atoms with Crippen LogP contribution in [0, 0.1) is 0 Å². The summed E-state index contributed by atoms with van der Waals surface area (Å²) in [4.78, 5) is 24.1. The number of aromatic nitrogens is 3. The zero-order valence-electron chi connectivity index (χ0n) is 19.6. The van der Waals surface area contributed by atoms with Gasteiger partial charge < -0.3 is 20.1 Å². The van der Waals surface area contributed by atoms with Gasteiger partial charge in [-0.25, -0.2) is 4.98 Å². The number of nitrogens with one attached hydrogen (secondary N) is 2. The van der Waals surface area contributed by atoms with Crippen LogP contribution in [-0.2, 0) is 4.74 Å². The second-order valence-electron chi connectivity index (χ2n) is 8.26. The molecule has 1 aliphatic rings. The number of anilines is 2. The third-order valence-electron chi connectivity index (χ3n) is 6.00. The normalized spacial score (nSPS) is 14.1. The maximum atomic E-state index is 12.8. The van der Waals surface area contributed by atoms with E-state index >= 15 is 0 Å². The molecular weight excluding hydrogens is 444 g/mol. The van der Waals surface area contributed by atoms with E-state index in [2.05, 4.69) is 20.5 Å². The van der Waals surface area contributed by atoms with E-state index in [0.717, 1.165) is 67.0 Å². The highest BCUT2D eigenvalue weighted by Gasteiger charge is 2.16. The van der Waals surface area contributed by atoms with Crippen LogP contribution in [0.15, 0.2) is 67.1 Å². The van der Waals surface area contributed by atoms with E-state index in [1.807, 2.05) is 59.1 Å². The number of hydrogen-bond acceptors (Lipinski definition) is 7. The van der Waals surface area contributed by atoms with E-state index < -0.39 is 0 Å². The molecule has 0 aliphatic carbocycles.